The second-order valence-corrected chi connectivity index (χ2v) is 7.70. The number of aromatic nitrogens is 1. The molecule has 3 aromatic rings. The zero-order chi connectivity index (χ0) is 22.1. The van der Waals surface area contributed by atoms with Crippen LogP contribution in [0, 0.1) is 10.1 Å². The number of fused-ring (bicyclic) bond motifs is 1. The standard InChI is InChI=1S/C20H12ClN3O6S/c21-14-6-2-1-4-12(14)18-22-11(10-31-18)9-30-16(25)8-23-19(26)13-5-3-7-15(24(28)29)17(13)20(23)27/h1-7,10H,8-9H2. The normalized spacial score (nSPS) is 12.7. The molecule has 0 aliphatic carbocycles. The lowest BCUT2D eigenvalue weighted by Crippen LogP contribution is -2.35. The summed E-state index contributed by atoms with van der Waals surface area (Å²) in [5.41, 5.74) is 0.303. The van der Waals surface area contributed by atoms with Gasteiger partial charge in [0.15, 0.2) is 0 Å². The topological polar surface area (TPSA) is 120 Å². The molecular formula is C20H12ClN3O6S. The van der Waals surface area contributed by atoms with E-state index in [-0.39, 0.29) is 17.7 Å². The fraction of sp³-hybridized carbons (Fsp3) is 0.100. The molecule has 0 spiro atoms. The SMILES string of the molecule is O=C(CN1C(=O)c2cccc([N+](=O)[O-])c2C1=O)OCc1csc(-c2ccccc2Cl)n1. The molecule has 1 aliphatic heterocycles. The average Bonchev–Trinajstić information content (AvgIpc) is 3.31. The summed E-state index contributed by atoms with van der Waals surface area (Å²) in [5, 5.41) is 14.0. The fourth-order valence-electron chi connectivity index (χ4n) is 3.07. The molecule has 156 valence electrons. The maximum Gasteiger partial charge on any atom is 0.326 e. The van der Waals surface area contributed by atoms with Crippen LogP contribution in [-0.4, -0.2) is 39.1 Å². The Kier molecular flexibility index (Phi) is 5.49. The highest BCUT2D eigenvalue weighted by Crippen LogP contribution is 2.31. The number of imide groups is 1. The molecule has 0 atom stereocenters. The number of halogens is 1. The highest BCUT2D eigenvalue weighted by molar-refractivity contribution is 7.13. The molecule has 0 saturated heterocycles. The number of ether oxygens (including phenoxy) is 1. The van der Waals surface area contributed by atoms with Gasteiger partial charge in [-0.3, -0.25) is 29.4 Å². The Labute approximate surface area is 184 Å². The number of benzene rings is 2. The lowest BCUT2D eigenvalue weighted by atomic mass is 10.1. The predicted molar refractivity (Wildman–Crippen MR) is 111 cm³/mol. The first-order chi connectivity index (χ1) is 14.9. The first kappa shape index (κ1) is 20.6. The van der Waals surface area contributed by atoms with E-state index in [1.165, 1.54) is 23.5 Å². The number of nitro groups is 1. The molecule has 4 rings (SSSR count). The number of hydrogen-bond donors (Lipinski definition) is 0. The number of hydrogen-bond acceptors (Lipinski definition) is 8. The minimum atomic E-state index is -0.904. The van der Waals surface area contributed by atoms with Gasteiger partial charge < -0.3 is 4.74 Å². The number of amides is 2. The van der Waals surface area contributed by atoms with Crippen molar-refractivity contribution in [1.29, 1.82) is 0 Å². The minimum absolute atomic E-state index is 0.115. The summed E-state index contributed by atoms with van der Waals surface area (Å²) in [6, 6.07) is 10.9. The third-order valence-corrected chi connectivity index (χ3v) is 5.75. The van der Waals surface area contributed by atoms with E-state index < -0.39 is 34.9 Å². The molecule has 0 radical (unpaired) electrons. The zero-order valence-corrected chi connectivity index (χ0v) is 17.2. The summed E-state index contributed by atoms with van der Waals surface area (Å²) in [4.78, 5) is 52.6. The van der Waals surface area contributed by atoms with E-state index in [0.717, 1.165) is 11.6 Å². The average molecular weight is 458 g/mol. The molecule has 0 bridgehead atoms. The molecule has 9 nitrogen and oxygen atoms in total. The quantitative estimate of drug-likeness (QED) is 0.239. The Hall–Kier alpha value is -3.63. The maximum atomic E-state index is 12.5. The zero-order valence-electron chi connectivity index (χ0n) is 15.6. The molecule has 2 heterocycles. The van der Waals surface area contributed by atoms with Crippen molar-refractivity contribution in [2.45, 2.75) is 6.61 Å². The van der Waals surface area contributed by atoms with Crippen LogP contribution in [0.15, 0.2) is 47.8 Å². The Morgan fingerprint density at radius 2 is 1.87 bits per heavy atom. The number of nitro benzene ring substituents is 1. The number of carbonyl (C=O) groups excluding carboxylic acids is 3. The first-order valence-electron chi connectivity index (χ1n) is 8.85. The number of esters is 1. The Morgan fingerprint density at radius 1 is 1.13 bits per heavy atom. The second-order valence-electron chi connectivity index (χ2n) is 6.44. The van der Waals surface area contributed by atoms with Crippen LogP contribution in [-0.2, 0) is 16.1 Å². The van der Waals surface area contributed by atoms with E-state index in [2.05, 4.69) is 4.98 Å². The summed E-state index contributed by atoms with van der Waals surface area (Å²) >= 11 is 7.49. The lowest BCUT2D eigenvalue weighted by molar-refractivity contribution is -0.385. The molecule has 0 N–H and O–H groups in total. The van der Waals surface area contributed by atoms with Gasteiger partial charge in [0.2, 0.25) is 0 Å². The fourth-order valence-corrected chi connectivity index (χ4v) is 4.20. The van der Waals surface area contributed by atoms with Crippen molar-refractivity contribution in [3.63, 3.8) is 0 Å². The van der Waals surface area contributed by atoms with Crippen molar-refractivity contribution in [3.8, 4) is 10.6 Å². The Balaban J connectivity index is 1.42. The molecule has 0 fully saturated rings. The van der Waals surface area contributed by atoms with Gasteiger partial charge in [-0.05, 0) is 12.1 Å². The van der Waals surface area contributed by atoms with Gasteiger partial charge in [-0.2, -0.15) is 0 Å². The first-order valence-corrected chi connectivity index (χ1v) is 10.1. The molecule has 31 heavy (non-hydrogen) atoms. The van der Waals surface area contributed by atoms with Gasteiger partial charge in [-0.1, -0.05) is 35.9 Å². The third-order valence-electron chi connectivity index (χ3n) is 4.50. The van der Waals surface area contributed by atoms with Crippen LogP contribution < -0.4 is 0 Å². The molecular weight excluding hydrogens is 446 g/mol. The van der Waals surface area contributed by atoms with Crippen molar-refractivity contribution >= 4 is 46.4 Å². The van der Waals surface area contributed by atoms with E-state index in [9.17, 15) is 24.5 Å². The van der Waals surface area contributed by atoms with Gasteiger partial charge in [0, 0.05) is 17.0 Å². The molecule has 1 aromatic heterocycles. The number of carbonyl (C=O) groups is 3. The van der Waals surface area contributed by atoms with E-state index in [0.29, 0.717) is 20.6 Å². The van der Waals surface area contributed by atoms with Gasteiger partial charge in [-0.25, -0.2) is 4.98 Å². The third kappa shape index (κ3) is 3.90. The van der Waals surface area contributed by atoms with Crippen LogP contribution in [0.25, 0.3) is 10.6 Å². The predicted octanol–water partition coefficient (Wildman–Crippen LogP) is 3.71. The Bertz CT molecular complexity index is 1240. The van der Waals surface area contributed by atoms with E-state index in [1.807, 2.05) is 12.1 Å². The van der Waals surface area contributed by atoms with Crippen LogP contribution >= 0.6 is 22.9 Å². The van der Waals surface area contributed by atoms with Crippen LogP contribution in [0.1, 0.15) is 26.4 Å². The summed E-state index contributed by atoms with van der Waals surface area (Å²) in [6.45, 7) is -0.825. The monoisotopic (exact) mass is 457 g/mol. The van der Waals surface area contributed by atoms with E-state index >= 15 is 0 Å². The molecule has 0 saturated carbocycles. The van der Waals surface area contributed by atoms with Gasteiger partial charge in [0.25, 0.3) is 17.5 Å². The van der Waals surface area contributed by atoms with Crippen molar-refractivity contribution in [1.82, 2.24) is 9.88 Å². The van der Waals surface area contributed by atoms with Gasteiger partial charge in [-0.15, -0.1) is 11.3 Å². The van der Waals surface area contributed by atoms with Gasteiger partial charge in [0.1, 0.15) is 23.7 Å². The minimum Gasteiger partial charge on any atom is -0.458 e. The highest BCUT2D eigenvalue weighted by atomic mass is 35.5. The molecule has 2 amide bonds. The summed E-state index contributed by atoms with van der Waals surface area (Å²) in [5.74, 6) is -2.53. The number of thiazole rings is 1. The number of nitrogens with zero attached hydrogens (tertiary/aromatic N) is 3. The van der Waals surface area contributed by atoms with Crippen molar-refractivity contribution < 1.29 is 24.0 Å². The molecule has 11 heteroatoms. The number of rotatable bonds is 6. The largest absolute Gasteiger partial charge is 0.458 e. The van der Waals surface area contributed by atoms with Crippen LogP contribution in [0.3, 0.4) is 0 Å². The summed E-state index contributed by atoms with van der Waals surface area (Å²) in [6.07, 6.45) is 0. The van der Waals surface area contributed by atoms with Crippen molar-refractivity contribution in [3.05, 3.63) is 79.8 Å². The molecule has 0 unspecified atom stereocenters. The summed E-state index contributed by atoms with van der Waals surface area (Å²) in [7, 11) is 0. The lowest BCUT2D eigenvalue weighted by Gasteiger charge is -2.12. The molecule has 1 aliphatic rings. The van der Waals surface area contributed by atoms with E-state index in [1.54, 1.807) is 17.5 Å². The van der Waals surface area contributed by atoms with Crippen molar-refractivity contribution in [2.75, 3.05) is 6.54 Å². The maximum absolute atomic E-state index is 12.5. The summed E-state index contributed by atoms with van der Waals surface area (Å²) < 4.78 is 5.13. The van der Waals surface area contributed by atoms with Crippen molar-refractivity contribution in [2.24, 2.45) is 0 Å². The van der Waals surface area contributed by atoms with Crippen LogP contribution in [0.5, 0.6) is 0 Å². The smallest absolute Gasteiger partial charge is 0.326 e. The van der Waals surface area contributed by atoms with E-state index in [4.69, 9.17) is 16.3 Å². The van der Waals surface area contributed by atoms with Gasteiger partial charge in [0.05, 0.1) is 21.2 Å². The van der Waals surface area contributed by atoms with Crippen LogP contribution in [0.2, 0.25) is 5.02 Å². The highest BCUT2D eigenvalue weighted by Gasteiger charge is 2.41. The van der Waals surface area contributed by atoms with Gasteiger partial charge >= 0.3 is 5.97 Å². The molecule has 2 aromatic carbocycles. The second kappa shape index (κ2) is 8.25. The Morgan fingerprint density at radius 3 is 2.61 bits per heavy atom. The van der Waals surface area contributed by atoms with Crippen LogP contribution in [0.4, 0.5) is 5.69 Å².